The van der Waals surface area contributed by atoms with Gasteiger partial charge in [-0.2, -0.15) is 0 Å². The quantitative estimate of drug-likeness (QED) is 0.770. The number of amides is 1. The molecule has 2 heterocycles. The monoisotopic (exact) mass is 382 g/mol. The zero-order valence-corrected chi connectivity index (χ0v) is 16.4. The van der Waals surface area contributed by atoms with E-state index in [9.17, 15) is 9.59 Å². The number of anilines is 1. The summed E-state index contributed by atoms with van der Waals surface area (Å²) in [6.45, 7) is 7.76. The Morgan fingerprint density at radius 3 is 2.29 bits per heavy atom. The average molecular weight is 382 g/mol. The number of likely N-dealkylation sites (N-methyl/N-ethyl adjacent to an activating group) is 1. The number of rotatable bonds is 6. The second-order valence-corrected chi connectivity index (χ2v) is 6.70. The number of benzene rings is 1. The topological polar surface area (TPSA) is 74.8 Å². The summed E-state index contributed by atoms with van der Waals surface area (Å²) in [5.74, 6) is 0.356. The lowest BCUT2D eigenvalue weighted by molar-refractivity contribution is 0.0600. The van der Waals surface area contributed by atoms with Gasteiger partial charge in [0.15, 0.2) is 0 Å². The van der Waals surface area contributed by atoms with Crippen molar-refractivity contribution in [1.29, 1.82) is 0 Å². The molecule has 0 saturated carbocycles. The number of hydrogen-bond donors (Lipinski definition) is 1. The summed E-state index contributed by atoms with van der Waals surface area (Å²) >= 11 is 0. The van der Waals surface area contributed by atoms with Crippen LogP contribution in [0.2, 0.25) is 0 Å². The Balaban J connectivity index is 1.52. The standard InChI is InChI=1S/C21H26N4O3/c1-3-24-10-12-25(13-11-24)19-9-4-16(14-22-19)15-23-20(26)17-5-7-18(8-6-17)21(27)28-2/h4-9,14H,3,10-13,15H2,1-2H3,(H,23,26). The zero-order chi connectivity index (χ0) is 19.9. The van der Waals surface area contributed by atoms with E-state index in [0.717, 1.165) is 44.1 Å². The summed E-state index contributed by atoms with van der Waals surface area (Å²) in [5, 5.41) is 2.87. The molecule has 1 saturated heterocycles. The van der Waals surface area contributed by atoms with Crippen LogP contribution in [0.4, 0.5) is 5.82 Å². The van der Waals surface area contributed by atoms with Crippen molar-refractivity contribution in [2.45, 2.75) is 13.5 Å². The first-order chi connectivity index (χ1) is 13.6. The van der Waals surface area contributed by atoms with Crippen LogP contribution >= 0.6 is 0 Å². The van der Waals surface area contributed by atoms with Crippen molar-refractivity contribution in [3.8, 4) is 0 Å². The van der Waals surface area contributed by atoms with E-state index >= 15 is 0 Å². The number of nitrogens with one attached hydrogen (secondary N) is 1. The first kappa shape index (κ1) is 19.8. The molecule has 0 atom stereocenters. The van der Waals surface area contributed by atoms with Gasteiger partial charge in [-0.05, 0) is 42.4 Å². The Hall–Kier alpha value is -2.93. The average Bonchev–Trinajstić information content (AvgIpc) is 2.77. The van der Waals surface area contributed by atoms with Gasteiger partial charge in [-0.15, -0.1) is 0 Å². The molecule has 1 aliphatic rings. The molecule has 7 heteroatoms. The van der Waals surface area contributed by atoms with Gasteiger partial charge in [-0.25, -0.2) is 9.78 Å². The molecule has 7 nitrogen and oxygen atoms in total. The van der Waals surface area contributed by atoms with Crippen molar-refractivity contribution in [2.24, 2.45) is 0 Å². The summed E-state index contributed by atoms with van der Waals surface area (Å²) in [7, 11) is 1.33. The molecule has 0 spiro atoms. The summed E-state index contributed by atoms with van der Waals surface area (Å²) in [5.41, 5.74) is 1.85. The highest BCUT2D eigenvalue weighted by atomic mass is 16.5. The first-order valence-electron chi connectivity index (χ1n) is 9.49. The van der Waals surface area contributed by atoms with Gasteiger partial charge in [0, 0.05) is 44.5 Å². The van der Waals surface area contributed by atoms with Crippen molar-refractivity contribution in [3.05, 3.63) is 59.3 Å². The van der Waals surface area contributed by atoms with Crippen molar-refractivity contribution in [3.63, 3.8) is 0 Å². The van der Waals surface area contributed by atoms with Crippen LogP contribution in [0.3, 0.4) is 0 Å². The maximum absolute atomic E-state index is 12.3. The first-order valence-corrected chi connectivity index (χ1v) is 9.49. The van der Waals surface area contributed by atoms with E-state index in [0.29, 0.717) is 17.7 Å². The van der Waals surface area contributed by atoms with Crippen LogP contribution in [0.25, 0.3) is 0 Å². The summed E-state index contributed by atoms with van der Waals surface area (Å²) in [6, 6.07) is 10.4. The van der Waals surface area contributed by atoms with Crippen LogP contribution in [0.1, 0.15) is 33.2 Å². The lowest BCUT2D eigenvalue weighted by atomic mass is 10.1. The maximum Gasteiger partial charge on any atom is 0.337 e. The molecule has 1 amide bonds. The normalized spacial score (nSPS) is 14.6. The van der Waals surface area contributed by atoms with Gasteiger partial charge in [-0.3, -0.25) is 4.79 Å². The lowest BCUT2D eigenvalue weighted by Gasteiger charge is -2.34. The minimum atomic E-state index is -0.422. The van der Waals surface area contributed by atoms with Crippen molar-refractivity contribution < 1.29 is 14.3 Å². The van der Waals surface area contributed by atoms with Crippen LogP contribution in [-0.2, 0) is 11.3 Å². The van der Waals surface area contributed by atoms with Crippen LogP contribution < -0.4 is 10.2 Å². The molecule has 1 fully saturated rings. The second kappa shape index (κ2) is 9.32. The number of piperazine rings is 1. The van der Waals surface area contributed by atoms with Gasteiger partial charge in [0.25, 0.3) is 5.91 Å². The highest BCUT2D eigenvalue weighted by Crippen LogP contribution is 2.14. The van der Waals surface area contributed by atoms with Gasteiger partial charge < -0.3 is 19.9 Å². The predicted molar refractivity (Wildman–Crippen MR) is 108 cm³/mol. The Morgan fingerprint density at radius 1 is 1.04 bits per heavy atom. The fourth-order valence-corrected chi connectivity index (χ4v) is 3.16. The number of ether oxygens (including phenoxy) is 1. The van der Waals surface area contributed by atoms with E-state index in [1.807, 2.05) is 18.3 Å². The fraction of sp³-hybridized carbons (Fsp3) is 0.381. The zero-order valence-electron chi connectivity index (χ0n) is 16.4. The molecule has 1 N–H and O–H groups in total. The van der Waals surface area contributed by atoms with Crippen LogP contribution in [0, 0.1) is 0 Å². The van der Waals surface area contributed by atoms with Crippen LogP contribution in [0.5, 0.6) is 0 Å². The number of methoxy groups -OCH3 is 1. The molecule has 2 aromatic rings. The minimum Gasteiger partial charge on any atom is -0.465 e. The number of esters is 1. The highest BCUT2D eigenvalue weighted by molar-refractivity contribution is 5.96. The molecule has 3 rings (SSSR count). The smallest absolute Gasteiger partial charge is 0.337 e. The number of hydrogen-bond acceptors (Lipinski definition) is 6. The number of nitrogens with zero attached hydrogens (tertiary/aromatic N) is 3. The number of carbonyl (C=O) groups excluding carboxylic acids is 2. The van der Waals surface area contributed by atoms with Crippen LogP contribution in [-0.4, -0.2) is 61.6 Å². The summed E-state index contributed by atoms with van der Waals surface area (Å²) < 4.78 is 4.65. The Bertz CT molecular complexity index is 797. The number of aromatic nitrogens is 1. The molecular formula is C21H26N4O3. The largest absolute Gasteiger partial charge is 0.465 e. The Morgan fingerprint density at radius 2 is 1.71 bits per heavy atom. The molecular weight excluding hydrogens is 356 g/mol. The van der Waals surface area contributed by atoms with Gasteiger partial charge >= 0.3 is 5.97 Å². The third kappa shape index (κ3) is 4.86. The van der Waals surface area contributed by atoms with E-state index in [1.54, 1.807) is 24.3 Å². The molecule has 1 aromatic heterocycles. The van der Waals surface area contributed by atoms with Gasteiger partial charge in [0.05, 0.1) is 12.7 Å². The molecule has 1 aliphatic heterocycles. The summed E-state index contributed by atoms with van der Waals surface area (Å²) in [4.78, 5) is 33.0. The third-order valence-corrected chi connectivity index (χ3v) is 4.97. The van der Waals surface area contributed by atoms with Crippen LogP contribution in [0.15, 0.2) is 42.6 Å². The predicted octanol–water partition coefficient (Wildman–Crippen LogP) is 1.94. The number of pyridine rings is 1. The van der Waals surface area contributed by atoms with Gasteiger partial charge in [-0.1, -0.05) is 13.0 Å². The Kier molecular flexibility index (Phi) is 6.60. The molecule has 148 valence electrons. The van der Waals surface area contributed by atoms with Gasteiger partial charge in [0.1, 0.15) is 5.82 Å². The second-order valence-electron chi connectivity index (χ2n) is 6.70. The molecule has 0 radical (unpaired) electrons. The summed E-state index contributed by atoms with van der Waals surface area (Å²) in [6.07, 6.45) is 1.81. The SMILES string of the molecule is CCN1CCN(c2ccc(CNC(=O)c3ccc(C(=O)OC)cc3)cn2)CC1. The third-order valence-electron chi connectivity index (χ3n) is 4.97. The molecule has 0 aliphatic carbocycles. The molecule has 28 heavy (non-hydrogen) atoms. The van der Waals surface area contributed by atoms with Crippen molar-refractivity contribution >= 4 is 17.7 Å². The van der Waals surface area contributed by atoms with Crippen molar-refractivity contribution in [1.82, 2.24) is 15.2 Å². The van der Waals surface area contributed by atoms with E-state index in [-0.39, 0.29) is 5.91 Å². The van der Waals surface area contributed by atoms with Crippen molar-refractivity contribution in [2.75, 3.05) is 44.7 Å². The molecule has 0 bridgehead atoms. The number of carbonyl (C=O) groups is 2. The van der Waals surface area contributed by atoms with E-state index in [1.165, 1.54) is 7.11 Å². The maximum atomic E-state index is 12.3. The minimum absolute atomic E-state index is 0.198. The highest BCUT2D eigenvalue weighted by Gasteiger charge is 2.16. The van der Waals surface area contributed by atoms with E-state index in [4.69, 9.17) is 0 Å². The van der Waals surface area contributed by atoms with Gasteiger partial charge in [0.2, 0.25) is 0 Å². The van der Waals surface area contributed by atoms with E-state index in [2.05, 4.69) is 31.8 Å². The molecule has 0 unspecified atom stereocenters. The molecule has 1 aromatic carbocycles. The lowest BCUT2D eigenvalue weighted by Crippen LogP contribution is -2.46. The van der Waals surface area contributed by atoms with E-state index < -0.39 is 5.97 Å². The fourth-order valence-electron chi connectivity index (χ4n) is 3.16. The Labute approximate surface area is 165 Å².